The summed E-state index contributed by atoms with van der Waals surface area (Å²) in [5.74, 6) is 1.24. The van der Waals surface area contributed by atoms with Crippen molar-refractivity contribution in [2.45, 2.75) is 63.6 Å². The third-order valence-electron chi connectivity index (χ3n) is 6.47. The van der Waals surface area contributed by atoms with Crippen LogP contribution in [0.3, 0.4) is 0 Å². The van der Waals surface area contributed by atoms with Crippen molar-refractivity contribution in [1.82, 2.24) is 10.2 Å². The number of benzene rings is 1. The molecular formula is C21H33Cl2N3O. The fraction of sp³-hybridized carbons (Fsp3) is 0.667. The molecule has 1 aromatic rings. The Balaban J connectivity index is 0.00000131. The number of nitrogens with two attached hydrogens (primary N) is 1. The molecule has 0 radical (unpaired) electrons. The fourth-order valence-electron chi connectivity index (χ4n) is 5.27. The SMILES string of the molecule is Cl.Cl.NC1CC2CCCC(C1)C2NC(=O)c1cccc(CN2CCCC2)c1. The quantitative estimate of drug-likeness (QED) is 0.789. The lowest BCUT2D eigenvalue weighted by Gasteiger charge is -2.45. The number of carbonyl (C=O) groups excluding carboxylic acids is 1. The summed E-state index contributed by atoms with van der Waals surface area (Å²) in [5.41, 5.74) is 8.27. The van der Waals surface area contributed by atoms with E-state index in [0.29, 0.717) is 23.9 Å². The van der Waals surface area contributed by atoms with Crippen LogP contribution in [0.15, 0.2) is 24.3 Å². The number of hydrogen-bond acceptors (Lipinski definition) is 3. The molecule has 4 rings (SSSR count). The molecule has 2 unspecified atom stereocenters. The number of amides is 1. The van der Waals surface area contributed by atoms with Gasteiger partial charge in [-0.1, -0.05) is 18.6 Å². The van der Waals surface area contributed by atoms with Gasteiger partial charge in [-0.05, 0) is 81.1 Å². The van der Waals surface area contributed by atoms with Crippen LogP contribution in [-0.4, -0.2) is 36.0 Å². The summed E-state index contributed by atoms with van der Waals surface area (Å²) in [6.45, 7) is 3.33. The zero-order chi connectivity index (χ0) is 17.2. The number of nitrogens with zero attached hydrogens (tertiary/aromatic N) is 1. The summed E-state index contributed by atoms with van der Waals surface area (Å²) in [6, 6.07) is 8.85. The van der Waals surface area contributed by atoms with Gasteiger partial charge in [0.1, 0.15) is 0 Å². The van der Waals surface area contributed by atoms with E-state index in [1.165, 1.54) is 50.8 Å². The first-order chi connectivity index (χ1) is 12.2. The van der Waals surface area contributed by atoms with Crippen LogP contribution in [0.4, 0.5) is 0 Å². The minimum Gasteiger partial charge on any atom is -0.349 e. The number of halogens is 2. The summed E-state index contributed by atoms with van der Waals surface area (Å²) in [5, 5.41) is 3.37. The van der Waals surface area contributed by atoms with Gasteiger partial charge in [0.2, 0.25) is 0 Å². The molecule has 0 aromatic heterocycles. The van der Waals surface area contributed by atoms with Gasteiger partial charge < -0.3 is 11.1 Å². The van der Waals surface area contributed by atoms with Gasteiger partial charge in [0.05, 0.1) is 0 Å². The van der Waals surface area contributed by atoms with E-state index >= 15 is 0 Å². The normalized spacial score (nSPS) is 30.1. The molecule has 1 saturated heterocycles. The summed E-state index contributed by atoms with van der Waals surface area (Å²) in [7, 11) is 0. The standard InChI is InChI=1S/C21H31N3O.2ClH/c22-19-12-16-6-4-7-17(13-19)20(16)23-21(25)18-8-3-5-15(11-18)14-24-9-1-2-10-24;;/h3,5,8,11,16-17,19-20H,1-2,4,6-7,9-10,12-14,22H2,(H,23,25);2*1H. The highest BCUT2D eigenvalue weighted by Crippen LogP contribution is 2.39. The predicted octanol–water partition coefficient (Wildman–Crippen LogP) is 3.76. The van der Waals surface area contributed by atoms with E-state index in [2.05, 4.69) is 22.3 Å². The van der Waals surface area contributed by atoms with Crippen LogP contribution in [-0.2, 0) is 6.54 Å². The molecule has 6 heteroatoms. The molecule has 3 aliphatic rings. The second kappa shape index (κ2) is 10.1. The third kappa shape index (κ3) is 5.38. The molecule has 4 nitrogen and oxygen atoms in total. The first-order valence-corrected chi connectivity index (χ1v) is 10.1. The first kappa shape index (κ1) is 22.5. The minimum absolute atomic E-state index is 0. The molecule has 3 N–H and O–H groups in total. The molecule has 1 aliphatic heterocycles. The molecule has 1 heterocycles. The maximum atomic E-state index is 12.9. The topological polar surface area (TPSA) is 58.4 Å². The van der Waals surface area contributed by atoms with Gasteiger partial charge in [-0.2, -0.15) is 0 Å². The number of fused-ring (bicyclic) bond motifs is 2. The Kier molecular flexibility index (Phi) is 8.41. The molecule has 2 aliphatic carbocycles. The predicted molar refractivity (Wildman–Crippen MR) is 115 cm³/mol. The second-order valence-corrected chi connectivity index (χ2v) is 8.37. The van der Waals surface area contributed by atoms with Crippen LogP contribution >= 0.6 is 24.8 Å². The van der Waals surface area contributed by atoms with E-state index in [9.17, 15) is 4.79 Å². The molecule has 0 spiro atoms. The van der Waals surface area contributed by atoms with Gasteiger partial charge in [-0.25, -0.2) is 0 Å². The third-order valence-corrected chi connectivity index (χ3v) is 6.47. The first-order valence-electron chi connectivity index (χ1n) is 10.1. The zero-order valence-corrected chi connectivity index (χ0v) is 17.6. The van der Waals surface area contributed by atoms with Crippen LogP contribution in [0.2, 0.25) is 0 Å². The van der Waals surface area contributed by atoms with Crippen LogP contribution < -0.4 is 11.1 Å². The monoisotopic (exact) mass is 413 g/mol. The van der Waals surface area contributed by atoms with Gasteiger partial charge in [-0.3, -0.25) is 9.69 Å². The van der Waals surface area contributed by atoms with Crippen LogP contribution in [0.1, 0.15) is 60.9 Å². The Morgan fingerprint density at radius 3 is 2.41 bits per heavy atom. The number of likely N-dealkylation sites (tertiary alicyclic amines) is 1. The molecule has 2 atom stereocenters. The summed E-state index contributed by atoms with van der Waals surface area (Å²) < 4.78 is 0. The highest BCUT2D eigenvalue weighted by molar-refractivity contribution is 5.94. The number of rotatable bonds is 4. The van der Waals surface area contributed by atoms with Gasteiger partial charge in [0, 0.05) is 24.2 Å². The lowest BCUT2D eigenvalue weighted by atomic mass is 9.67. The fourth-order valence-corrected chi connectivity index (χ4v) is 5.27. The van der Waals surface area contributed by atoms with Crippen LogP contribution in [0, 0.1) is 11.8 Å². The Morgan fingerprint density at radius 2 is 1.74 bits per heavy atom. The van der Waals surface area contributed by atoms with Gasteiger partial charge in [0.15, 0.2) is 0 Å². The zero-order valence-electron chi connectivity index (χ0n) is 15.9. The Bertz CT molecular complexity index is 607. The van der Waals surface area contributed by atoms with Gasteiger partial charge in [-0.15, -0.1) is 24.8 Å². The average molecular weight is 414 g/mol. The summed E-state index contributed by atoms with van der Waals surface area (Å²) in [4.78, 5) is 15.3. The summed E-state index contributed by atoms with van der Waals surface area (Å²) >= 11 is 0. The number of hydrogen-bond donors (Lipinski definition) is 2. The van der Waals surface area contributed by atoms with Crippen LogP contribution in [0.25, 0.3) is 0 Å². The van der Waals surface area contributed by atoms with E-state index in [4.69, 9.17) is 5.73 Å². The van der Waals surface area contributed by atoms with E-state index in [-0.39, 0.29) is 30.7 Å². The van der Waals surface area contributed by atoms with E-state index in [1.54, 1.807) is 0 Å². The van der Waals surface area contributed by atoms with Crippen molar-refractivity contribution in [3.8, 4) is 0 Å². The number of carbonyl (C=O) groups is 1. The van der Waals surface area contributed by atoms with Gasteiger partial charge in [0.25, 0.3) is 5.91 Å². The highest BCUT2D eigenvalue weighted by Gasteiger charge is 2.39. The van der Waals surface area contributed by atoms with Crippen molar-refractivity contribution in [2.24, 2.45) is 17.6 Å². The second-order valence-electron chi connectivity index (χ2n) is 8.37. The van der Waals surface area contributed by atoms with E-state index in [1.807, 2.05) is 12.1 Å². The van der Waals surface area contributed by atoms with Crippen molar-refractivity contribution in [1.29, 1.82) is 0 Å². The van der Waals surface area contributed by atoms with E-state index < -0.39 is 0 Å². The molecule has 1 amide bonds. The molecule has 2 saturated carbocycles. The summed E-state index contributed by atoms with van der Waals surface area (Å²) in [6.07, 6.45) is 8.44. The maximum Gasteiger partial charge on any atom is 0.251 e. The molecule has 27 heavy (non-hydrogen) atoms. The van der Waals surface area contributed by atoms with Crippen molar-refractivity contribution in [3.05, 3.63) is 35.4 Å². The molecule has 3 fully saturated rings. The maximum absolute atomic E-state index is 12.9. The Morgan fingerprint density at radius 1 is 1.07 bits per heavy atom. The lowest BCUT2D eigenvalue weighted by molar-refractivity contribution is 0.0756. The minimum atomic E-state index is 0. The smallest absolute Gasteiger partial charge is 0.251 e. The average Bonchev–Trinajstić information content (AvgIpc) is 3.09. The Labute approximate surface area is 175 Å². The molecule has 2 bridgehead atoms. The van der Waals surface area contributed by atoms with Gasteiger partial charge >= 0.3 is 0 Å². The molecular weight excluding hydrogens is 381 g/mol. The molecule has 152 valence electrons. The lowest BCUT2D eigenvalue weighted by Crippen LogP contribution is -2.53. The van der Waals surface area contributed by atoms with Crippen molar-refractivity contribution < 1.29 is 4.79 Å². The van der Waals surface area contributed by atoms with Crippen molar-refractivity contribution in [3.63, 3.8) is 0 Å². The van der Waals surface area contributed by atoms with Crippen LogP contribution in [0.5, 0.6) is 0 Å². The van der Waals surface area contributed by atoms with Crippen molar-refractivity contribution >= 4 is 30.7 Å². The number of nitrogens with one attached hydrogen (secondary N) is 1. The largest absolute Gasteiger partial charge is 0.349 e. The van der Waals surface area contributed by atoms with Crippen molar-refractivity contribution in [2.75, 3.05) is 13.1 Å². The highest BCUT2D eigenvalue weighted by atomic mass is 35.5. The Hall–Kier alpha value is -0.810. The molecule has 1 aromatic carbocycles. The van der Waals surface area contributed by atoms with E-state index in [0.717, 1.165) is 24.9 Å².